The second-order valence-electron chi connectivity index (χ2n) is 2.89. The Labute approximate surface area is 75.3 Å². The normalized spacial score (nSPS) is 24.5. The molecule has 1 rings (SSSR count). The highest BCUT2D eigenvalue weighted by molar-refractivity contribution is 4.71. The second-order valence-corrected chi connectivity index (χ2v) is 2.89. The fourth-order valence-electron chi connectivity index (χ4n) is 1.49. The first-order chi connectivity index (χ1) is 5.86. The summed E-state index contributed by atoms with van der Waals surface area (Å²) in [5.41, 5.74) is 0. The van der Waals surface area contributed by atoms with Crippen molar-refractivity contribution in [1.82, 2.24) is 4.90 Å². The van der Waals surface area contributed by atoms with Crippen LogP contribution in [0.1, 0.15) is 19.8 Å². The fraction of sp³-hybridized carbons (Fsp3) is 1.00. The lowest BCUT2D eigenvalue weighted by Gasteiger charge is -2.30. The zero-order valence-electron chi connectivity index (χ0n) is 8.42. The Bertz CT molecular complexity index is 88.5. The third kappa shape index (κ3) is 4.04. The van der Waals surface area contributed by atoms with E-state index in [1.54, 1.807) is 0 Å². The molecule has 0 saturated carbocycles. The number of piperidine rings is 1. The highest BCUT2D eigenvalue weighted by Gasteiger charge is 2.17. The van der Waals surface area contributed by atoms with Crippen molar-refractivity contribution in [3.05, 3.63) is 0 Å². The summed E-state index contributed by atoms with van der Waals surface area (Å²) in [4.78, 5) is 2.44. The monoisotopic (exact) mass is 175 g/mol. The molecule has 1 fully saturated rings. The molecule has 0 aromatic carbocycles. The third-order valence-electron chi connectivity index (χ3n) is 2.24. The minimum Gasteiger partial charge on any atom is -0.400 e. The molecule has 1 heterocycles. The number of nitrogens with zero attached hydrogens (tertiary/aromatic N) is 1. The number of hydrogen-bond donors (Lipinski definition) is 1. The molecule has 1 unspecified atom stereocenters. The summed E-state index contributed by atoms with van der Waals surface area (Å²) in [6.45, 7) is 5.77. The Morgan fingerprint density at radius 3 is 2.67 bits per heavy atom. The van der Waals surface area contributed by atoms with Crippen molar-refractivity contribution >= 4 is 0 Å². The topological polar surface area (TPSA) is 32.7 Å². The lowest BCUT2D eigenvalue weighted by Crippen LogP contribution is -2.38. The number of likely N-dealkylation sites (tertiary alicyclic amines) is 1. The van der Waals surface area contributed by atoms with Gasteiger partial charge < -0.3 is 14.7 Å². The lowest BCUT2D eigenvalue weighted by atomic mass is 10.1. The van der Waals surface area contributed by atoms with E-state index in [9.17, 15) is 0 Å². The molecule has 0 amide bonds. The zero-order valence-corrected chi connectivity index (χ0v) is 8.42. The number of aliphatic hydroxyl groups is 1. The number of likely N-dealkylation sites (N-methyl/N-ethyl adjacent to an activating group) is 1. The molecule has 3 heteroatoms. The van der Waals surface area contributed by atoms with Gasteiger partial charge in [0.15, 0.2) is 0 Å². The van der Waals surface area contributed by atoms with Crippen molar-refractivity contribution in [2.24, 2.45) is 0 Å². The molecule has 1 saturated heterocycles. The Kier molecular flexibility index (Phi) is 7.45. The Balaban J connectivity index is 0.000000561. The number of aliphatic hydroxyl groups excluding tert-OH is 1. The van der Waals surface area contributed by atoms with E-state index in [-0.39, 0.29) is 0 Å². The molecular weight excluding hydrogens is 154 g/mol. The van der Waals surface area contributed by atoms with Gasteiger partial charge in [0, 0.05) is 20.8 Å². The van der Waals surface area contributed by atoms with Gasteiger partial charge in [-0.2, -0.15) is 0 Å². The smallest absolute Gasteiger partial charge is 0.0698 e. The van der Waals surface area contributed by atoms with Gasteiger partial charge in [-0.25, -0.2) is 0 Å². The van der Waals surface area contributed by atoms with Gasteiger partial charge in [-0.05, 0) is 25.9 Å². The van der Waals surface area contributed by atoms with Crippen molar-refractivity contribution in [3.8, 4) is 0 Å². The molecule has 0 spiro atoms. The van der Waals surface area contributed by atoms with E-state index in [0.717, 1.165) is 13.7 Å². The predicted molar refractivity (Wildman–Crippen MR) is 50.3 cm³/mol. The second kappa shape index (κ2) is 7.53. The van der Waals surface area contributed by atoms with Crippen LogP contribution in [0, 0.1) is 0 Å². The van der Waals surface area contributed by atoms with Crippen LogP contribution in [-0.4, -0.2) is 50.0 Å². The van der Waals surface area contributed by atoms with Gasteiger partial charge in [0.1, 0.15) is 0 Å². The van der Waals surface area contributed by atoms with Crippen molar-refractivity contribution in [2.45, 2.75) is 25.9 Å². The summed E-state index contributed by atoms with van der Waals surface area (Å²) in [7, 11) is 2.81. The Hall–Kier alpha value is -0.120. The summed E-state index contributed by atoms with van der Waals surface area (Å²) < 4.78 is 5.28. The van der Waals surface area contributed by atoms with Crippen molar-refractivity contribution in [2.75, 3.05) is 33.9 Å². The van der Waals surface area contributed by atoms with Crippen LogP contribution in [0.25, 0.3) is 0 Å². The van der Waals surface area contributed by atoms with Crippen molar-refractivity contribution < 1.29 is 9.84 Å². The minimum absolute atomic E-state index is 0.494. The minimum atomic E-state index is 0.494. The maximum atomic E-state index is 7.00. The van der Waals surface area contributed by atoms with E-state index in [4.69, 9.17) is 9.84 Å². The van der Waals surface area contributed by atoms with Gasteiger partial charge in [-0.3, -0.25) is 0 Å². The van der Waals surface area contributed by atoms with Gasteiger partial charge in [0.25, 0.3) is 0 Å². The standard InChI is InChI=1S/C8H17NO.CH4O/c1-3-9-6-4-5-8(7-9)10-2;1-2/h8H,3-7H2,1-2H3;2H,1H3. The molecule has 74 valence electrons. The predicted octanol–water partition coefficient (Wildman–Crippen LogP) is 0.726. The fourth-order valence-corrected chi connectivity index (χ4v) is 1.49. The summed E-state index contributed by atoms with van der Waals surface area (Å²) in [6.07, 6.45) is 3.04. The van der Waals surface area contributed by atoms with Crippen molar-refractivity contribution in [1.29, 1.82) is 0 Å². The van der Waals surface area contributed by atoms with Crippen LogP contribution in [0.15, 0.2) is 0 Å². The Morgan fingerprint density at radius 2 is 2.17 bits per heavy atom. The van der Waals surface area contributed by atoms with Gasteiger partial charge in [-0.1, -0.05) is 6.92 Å². The van der Waals surface area contributed by atoms with E-state index in [1.807, 2.05) is 7.11 Å². The quantitative estimate of drug-likeness (QED) is 0.671. The number of ether oxygens (including phenoxy) is 1. The number of rotatable bonds is 2. The molecule has 0 aromatic rings. The van der Waals surface area contributed by atoms with Crippen molar-refractivity contribution in [3.63, 3.8) is 0 Å². The third-order valence-corrected chi connectivity index (χ3v) is 2.24. The molecule has 0 aliphatic carbocycles. The molecular formula is C9H21NO2. The van der Waals surface area contributed by atoms with Crippen LogP contribution in [0.2, 0.25) is 0 Å². The van der Waals surface area contributed by atoms with Crippen LogP contribution < -0.4 is 0 Å². The van der Waals surface area contributed by atoms with Crippen LogP contribution >= 0.6 is 0 Å². The van der Waals surface area contributed by atoms with Gasteiger partial charge >= 0.3 is 0 Å². The van der Waals surface area contributed by atoms with Crippen LogP contribution in [-0.2, 0) is 4.74 Å². The lowest BCUT2D eigenvalue weighted by molar-refractivity contribution is 0.0334. The van der Waals surface area contributed by atoms with E-state index < -0.39 is 0 Å². The molecule has 0 aromatic heterocycles. The van der Waals surface area contributed by atoms with E-state index in [2.05, 4.69) is 11.8 Å². The maximum Gasteiger partial charge on any atom is 0.0698 e. The summed E-state index contributed by atoms with van der Waals surface area (Å²) >= 11 is 0. The summed E-state index contributed by atoms with van der Waals surface area (Å²) in [5, 5.41) is 7.00. The molecule has 1 aliphatic rings. The zero-order chi connectivity index (χ0) is 9.40. The SMILES string of the molecule is CCN1CCCC(OC)C1.CO. The summed E-state index contributed by atoms with van der Waals surface area (Å²) in [6, 6.07) is 0. The first-order valence-corrected chi connectivity index (χ1v) is 4.56. The maximum absolute atomic E-state index is 7.00. The first kappa shape index (κ1) is 11.9. The van der Waals surface area contributed by atoms with Crippen LogP contribution in [0.4, 0.5) is 0 Å². The highest BCUT2D eigenvalue weighted by Crippen LogP contribution is 2.11. The van der Waals surface area contributed by atoms with Crippen LogP contribution in [0.5, 0.6) is 0 Å². The molecule has 1 atom stereocenters. The molecule has 1 aliphatic heterocycles. The Morgan fingerprint density at radius 1 is 1.50 bits per heavy atom. The largest absolute Gasteiger partial charge is 0.400 e. The van der Waals surface area contributed by atoms with E-state index >= 15 is 0 Å². The average Bonchev–Trinajstić information content (AvgIpc) is 2.21. The van der Waals surface area contributed by atoms with E-state index in [1.165, 1.54) is 25.9 Å². The summed E-state index contributed by atoms with van der Waals surface area (Å²) in [5.74, 6) is 0. The van der Waals surface area contributed by atoms with Crippen LogP contribution in [0.3, 0.4) is 0 Å². The van der Waals surface area contributed by atoms with Gasteiger partial charge in [0.2, 0.25) is 0 Å². The molecule has 1 N–H and O–H groups in total. The van der Waals surface area contributed by atoms with Gasteiger partial charge in [0.05, 0.1) is 6.10 Å². The highest BCUT2D eigenvalue weighted by atomic mass is 16.5. The molecule has 12 heavy (non-hydrogen) atoms. The molecule has 0 radical (unpaired) electrons. The first-order valence-electron chi connectivity index (χ1n) is 4.56. The number of hydrogen-bond acceptors (Lipinski definition) is 3. The van der Waals surface area contributed by atoms with E-state index in [0.29, 0.717) is 6.10 Å². The molecule has 0 bridgehead atoms. The molecule has 3 nitrogen and oxygen atoms in total. The van der Waals surface area contributed by atoms with Gasteiger partial charge in [-0.15, -0.1) is 0 Å². The average molecular weight is 175 g/mol. The number of methoxy groups -OCH3 is 1.